The first-order valence-electron chi connectivity index (χ1n) is 5.18. The van der Waals surface area contributed by atoms with Crippen molar-refractivity contribution in [1.82, 2.24) is 4.90 Å². The number of hydrogen-bond donors (Lipinski definition) is 2. The molecule has 0 aromatic carbocycles. The van der Waals surface area contributed by atoms with E-state index in [2.05, 4.69) is 4.90 Å². The Morgan fingerprint density at radius 2 is 1.82 bits per heavy atom. The van der Waals surface area contributed by atoms with E-state index in [0.717, 1.165) is 45.8 Å². The number of rotatable bonds is 3. The highest BCUT2D eigenvalue weighted by atomic mass is 19.4. The van der Waals surface area contributed by atoms with Gasteiger partial charge in [-0.2, -0.15) is 13.2 Å². The third-order valence-electron chi connectivity index (χ3n) is 2.02. The van der Waals surface area contributed by atoms with Crippen LogP contribution in [0.25, 0.3) is 0 Å². The van der Waals surface area contributed by atoms with Gasteiger partial charge in [0.2, 0.25) is 0 Å². The normalized spacial score (nSPS) is 17.2. The molecule has 0 bridgehead atoms. The molecule has 0 aromatic heterocycles. The predicted octanol–water partition coefficient (Wildman–Crippen LogP) is 0.301. The summed E-state index contributed by atoms with van der Waals surface area (Å²) in [5.74, 6) is -2.76. The number of carboxylic acid groups (broad SMARTS) is 1. The molecule has 0 aromatic rings. The molecule has 0 atom stereocenters. The van der Waals surface area contributed by atoms with Crippen LogP contribution >= 0.6 is 0 Å². The van der Waals surface area contributed by atoms with Crippen LogP contribution in [-0.2, 0) is 9.53 Å². The Bertz CT molecular complexity index is 218. The summed E-state index contributed by atoms with van der Waals surface area (Å²) < 4.78 is 36.9. The Hall–Kier alpha value is -0.860. The van der Waals surface area contributed by atoms with Crippen molar-refractivity contribution in [3.63, 3.8) is 0 Å². The molecule has 3 N–H and O–H groups in total. The number of nitrogens with two attached hydrogens (primary N) is 1. The molecule has 0 aliphatic carbocycles. The van der Waals surface area contributed by atoms with Crippen molar-refractivity contribution in [3.8, 4) is 0 Å². The number of nitrogens with zero attached hydrogens (tertiary/aromatic N) is 1. The molecule has 17 heavy (non-hydrogen) atoms. The second-order valence-electron chi connectivity index (χ2n) is 3.40. The molecule has 0 radical (unpaired) electrons. The average molecular weight is 258 g/mol. The van der Waals surface area contributed by atoms with Crippen LogP contribution in [0, 0.1) is 0 Å². The van der Waals surface area contributed by atoms with Gasteiger partial charge in [0.05, 0.1) is 13.2 Å². The molecule has 1 rings (SSSR count). The van der Waals surface area contributed by atoms with E-state index < -0.39 is 12.1 Å². The lowest BCUT2D eigenvalue weighted by atomic mass is 10.3. The quantitative estimate of drug-likeness (QED) is 0.761. The fourth-order valence-electron chi connectivity index (χ4n) is 1.14. The number of halogens is 3. The van der Waals surface area contributed by atoms with E-state index in [9.17, 15) is 13.2 Å². The molecule has 0 spiro atoms. The van der Waals surface area contributed by atoms with Crippen LogP contribution in [0.2, 0.25) is 0 Å². The van der Waals surface area contributed by atoms with Gasteiger partial charge >= 0.3 is 12.1 Å². The largest absolute Gasteiger partial charge is 0.490 e. The fraction of sp³-hybridized carbons (Fsp3) is 0.889. The summed E-state index contributed by atoms with van der Waals surface area (Å²) >= 11 is 0. The van der Waals surface area contributed by atoms with Gasteiger partial charge in [0.15, 0.2) is 0 Å². The number of alkyl halides is 3. The van der Waals surface area contributed by atoms with Crippen LogP contribution in [0.5, 0.6) is 0 Å². The summed E-state index contributed by atoms with van der Waals surface area (Å²) in [5, 5.41) is 7.12. The van der Waals surface area contributed by atoms with Gasteiger partial charge < -0.3 is 15.6 Å². The van der Waals surface area contributed by atoms with Crippen molar-refractivity contribution in [2.24, 2.45) is 5.73 Å². The Kier molecular flexibility index (Phi) is 7.85. The van der Waals surface area contributed by atoms with Crippen molar-refractivity contribution in [2.75, 3.05) is 39.4 Å². The van der Waals surface area contributed by atoms with Crippen molar-refractivity contribution in [1.29, 1.82) is 0 Å². The van der Waals surface area contributed by atoms with Gasteiger partial charge in [0.25, 0.3) is 0 Å². The molecule has 0 unspecified atom stereocenters. The molecule has 5 nitrogen and oxygen atoms in total. The van der Waals surface area contributed by atoms with Gasteiger partial charge in [-0.15, -0.1) is 0 Å². The monoisotopic (exact) mass is 258 g/mol. The predicted molar refractivity (Wildman–Crippen MR) is 54.6 cm³/mol. The lowest BCUT2D eigenvalue weighted by Crippen LogP contribution is -2.37. The minimum atomic E-state index is -5.08. The summed E-state index contributed by atoms with van der Waals surface area (Å²) in [6, 6.07) is 0. The van der Waals surface area contributed by atoms with Gasteiger partial charge in [0, 0.05) is 13.1 Å². The smallest absolute Gasteiger partial charge is 0.475 e. The van der Waals surface area contributed by atoms with Crippen LogP contribution in [-0.4, -0.2) is 61.5 Å². The maximum atomic E-state index is 10.6. The highest BCUT2D eigenvalue weighted by Gasteiger charge is 2.38. The van der Waals surface area contributed by atoms with Crippen molar-refractivity contribution in [3.05, 3.63) is 0 Å². The number of carbonyl (C=O) groups is 1. The Morgan fingerprint density at radius 1 is 1.35 bits per heavy atom. The van der Waals surface area contributed by atoms with Crippen molar-refractivity contribution in [2.45, 2.75) is 12.6 Å². The molecule has 8 heteroatoms. The van der Waals surface area contributed by atoms with Gasteiger partial charge in [-0.05, 0) is 19.5 Å². The van der Waals surface area contributed by atoms with E-state index in [4.69, 9.17) is 20.4 Å². The zero-order valence-electron chi connectivity index (χ0n) is 9.37. The fourth-order valence-corrected chi connectivity index (χ4v) is 1.14. The number of ether oxygens (including phenoxy) is 1. The van der Waals surface area contributed by atoms with Crippen molar-refractivity contribution >= 4 is 5.97 Å². The van der Waals surface area contributed by atoms with Crippen LogP contribution in [0.1, 0.15) is 6.42 Å². The lowest BCUT2D eigenvalue weighted by molar-refractivity contribution is -0.192. The number of morpholine rings is 1. The van der Waals surface area contributed by atoms with Crippen LogP contribution in [0.4, 0.5) is 13.2 Å². The third-order valence-corrected chi connectivity index (χ3v) is 2.02. The molecule has 102 valence electrons. The maximum Gasteiger partial charge on any atom is 0.490 e. The summed E-state index contributed by atoms with van der Waals surface area (Å²) in [7, 11) is 0. The number of aliphatic carboxylic acids is 1. The van der Waals surface area contributed by atoms with E-state index in [0.29, 0.717) is 0 Å². The highest BCUT2D eigenvalue weighted by Crippen LogP contribution is 2.13. The van der Waals surface area contributed by atoms with Crippen LogP contribution in [0.3, 0.4) is 0 Å². The van der Waals surface area contributed by atoms with E-state index in [1.807, 2.05) is 0 Å². The zero-order chi connectivity index (χ0) is 13.3. The minimum absolute atomic E-state index is 0.803. The second-order valence-corrected chi connectivity index (χ2v) is 3.40. The topological polar surface area (TPSA) is 75.8 Å². The molecule has 1 aliphatic heterocycles. The highest BCUT2D eigenvalue weighted by molar-refractivity contribution is 5.73. The first kappa shape index (κ1) is 16.1. The Morgan fingerprint density at radius 3 is 2.18 bits per heavy atom. The van der Waals surface area contributed by atoms with E-state index >= 15 is 0 Å². The SMILES string of the molecule is NCCCN1CCOCC1.O=C(O)C(F)(F)F. The summed E-state index contributed by atoms with van der Waals surface area (Å²) in [6.45, 7) is 5.90. The number of hydrogen-bond acceptors (Lipinski definition) is 4. The standard InChI is InChI=1S/C7H16N2O.C2HF3O2/c8-2-1-3-9-4-6-10-7-5-9;3-2(4,5)1(6)7/h1-8H2;(H,6,7). The molecule has 1 aliphatic rings. The second kappa shape index (κ2) is 8.26. The third kappa shape index (κ3) is 8.90. The molecule has 0 amide bonds. The Balaban J connectivity index is 0.000000325. The summed E-state index contributed by atoms with van der Waals surface area (Å²) in [4.78, 5) is 11.3. The lowest BCUT2D eigenvalue weighted by Gasteiger charge is -2.26. The van der Waals surface area contributed by atoms with Crippen LogP contribution < -0.4 is 5.73 Å². The number of carboxylic acids is 1. The summed E-state index contributed by atoms with van der Waals surface area (Å²) in [6.07, 6.45) is -3.97. The zero-order valence-corrected chi connectivity index (χ0v) is 9.37. The van der Waals surface area contributed by atoms with E-state index in [1.54, 1.807) is 0 Å². The molecule has 1 heterocycles. The molecule has 1 saturated heterocycles. The molecular formula is C9H17F3N2O3. The van der Waals surface area contributed by atoms with Gasteiger partial charge in [-0.25, -0.2) is 4.79 Å². The first-order valence-corrected chi connectivity index (χ1v) is 5.18. The average Bonchev–Trinajstić information content (AvgIpc) is 2.27. The van der Waals surface area contributed by atoms with E-state index in [-0.39, 0.29) is 0 Å². The molecule has 1 fully saturated rings. The van der Waals surface area contributed by atoms with Crippen molar-refractivity contribution < 1.29 is 27.8 Å². The van der Waals surface area contributed by atoms with E-state index in [1.165, 1.54) is 0 Å². The Labute approximate surface area is 97.3 Å². The summed E-state index contributed by atoms with van der Waals surface area (Å²) in [5.41, 5.74) is 5.39. The maximum absolute atomic E-state index is 10.6. The van der Waals surface area contributed by atoms with Gasteiger partial charge in [0.1, 0.15) is 0 Å². The van der Waals surface area contributed by atoms with Crippen LogP contribution in [0.15, 0.2) is 0 Å². The first-order chi connectivity index (χ1) is 7.88. The van der Waals surface area contributed by atoms with Gasteiger partial charge in [-0.1, -0.05) is 0 Å². The molecular weight excluding hydrogens is 241 g/mol. The van der Waals surface area contributed by atoms with Gasteiger partial charge in [-0.3, -0.25) is 4.90 Å². The molecule has 0 saturated carbocycles. The minimum Gasteiger partial charge on any atom is -0.475 e.